The van der Waals surface area contributed by atoms with Crippen LogP contribution in [0.1, 0.15) is 44.9 Å². The smallest absolute Gasteiger partial charge is 0.138 e. The van der Waals surface area contributed by atoms with Crippen LogP contribution < -0.4 is 5.32 Å². The first-order chi connectivity index (χ1) is 8.85. The van der Waals surface area contributed by atoms with E-state index in [0.717, 1.165) is 25.4 Å². The third-order valence-corrected chi connectivity index (χ3v) is 4.67. The molecule has 5 nitrogen and oxygen atoms in total. The number of nitrogens with one attached hydrogen (secondary N) is 2. The van der Waals surface area contributed by atoms with Crippen molar-refractivity contribution < 1.29 is 4.74 Å². The van der Waals surface area contributed by atoms with E-state index in [2.05, 4.69) is 27.4 Å². The molecule has 2 unspecified atom stereocenters. The molecule has 100 valence electrons. The van der Waals surface area contributed by atoms with E-state index in [4.69, 9.17) is 4.74 Å². The molecule has 2 fully saturated rings. The van der Waals surface area contributed by atoms with Crippen molar-refractivity contribution in [3.05, 3.63) is 12.2 Å². The Hall–Kier alpha value is -0.940. The zero-order chi connectivity index (χ0) is 12.4. The molecule has 3 rings (SSSR count). The lowest BCUT2D eigenvalue weighted by Gasteiger charge is -2.54. The van der Waals surface area contributed by atoms with Crippen LogP contribution in [0, 0.1) is 5.41 Å². The molecule has 0 aliphatic heterocycles. The summed E-state index contributed by atoms with van der Waals surface area (Å²) in [5.41, 5.74) is 0.399. The van der Waals surface area contributed by atoms with Gasteiger partial charge in [-0.1, -0.05) is 12.8 Å². The molecule has 0 bridgehead atoms. The minimum atomic E-state index is 0.399. The summed E-state index contributed by atoms with van der Waals surface area (Å²) < 4.78 is 5.91. The molecule has 2 aliphatic rings. The van der Waals surface area contributed by atoms with Gasteiger partial charge in [0.1, 0.15) is 12.2 Å². The molecule has 18 heavy (non-hydrogen) atoms. The molecule has 2 saturated carbocycles. The highest BCUT2D eigenvalue weighted by molar-refractivity contribution is 5.10. The Labute approximate surface area is 108 Å². The maximum absolute atomic E-state index is 5.91. The van der Waals surface area contributed by atoms with E-state index in [9.17, 15) is 0 Å². The Kier molecular flexibility index (Phi) is 3.35. The monoisotopic (exact) mass is 250 g/mol. The highest BCUT2D eigenvalue weighted by Gasteiger charge is 2.56. The van der Waals surface area contributed by atoms with Crippen LogP contribution in [0.4, 0.5) is 0 Å². The van der Waals surface area contributed by atoms with E-state index in [-0.39, 0.29) is 0 Å². The van der Waals surface area contributed by atoms with E-state index in [0.29, 0.717) is 17.6 Å². The second-order valence-electron chi connectivity index (χ2n) is 5.49. The minimum Gasteiger partial charge on any atom is -0.378 e. The normalized spacial score (nSPS) is 29.6. The molecule has 0 amide bonds. The molecule has 0 aromatic carbocycles. The third kappa shape index (κ3) is 1.95. The topological polar surface area (TPSA) is 62.8 Å². The number of hydrogen-bond donors (Lipinski definition) is 2. The van der Waals surface area contributed by atoms with Crippen LogP contribution in [0.3, 0.4) is 0 Å². The summed E-state index contributed by atoms with van der Waals surface area (Å²) in [6.45, 7) is 3.71. The van der Waals surface area contributed by atoms with E-state index < -0.39 is 0 Å². The van der Waals surface area contributed by atoms with Crippen molar-refractivity contribution in [1.82, 2.24) is 20.5 Å². The maximum Gasteiger partial charge on any atom is 0.138 e. The molecule has 2 aliphatic carbocycles. The second kappa shape index (κ2) is 4.97. The molecule has 1 spiro atoms. The zero-order valence-corrected chi connectivity index (χ0v) is 11.0. The van der Waals surface area contributed by atoms with Crippen LogP contribution in [0.25, 0.3) is 0 Å². The Morgan fingerprint density at radius 3 is 3.00 bits per heavy atom. The average molecular weight is 250 g/mol. The second-order valence-corrected chi connectivity index (χ2v) is 5.49. The Morgan fingerprint density at radius 2 is 2.33 bits per heavy atom. The van der Waals surface area contributed by atoms with E-state index in [1.54, 1.807) is 6.33 Å². The number of nitrogens with zero attached hydrogens (tertiary/aromatic N) is 2. The van der Waals surface area contributed by atoms with Gasteiger partial charge in [0.05, 0.1) is 12.6 Å². The van der Waals surface area contributed by atoms with Gasteiger partial charge in [-0.15, -0.1) is 0 Å². The van der Waals surface area contributed by atoms with Gasteiger partial charge >= 0.3 is 0 Å². The SMILES string of the molecule is CCOC1CC(NCc2ncn[nH]2)C12CCCC2. The van der Waals surface area contributed by atoms with Crippen molar-refractivity contribution in [3.63, 3.8) is 0 Å². The molecule has 0 saturated heterocycles. The van der Waals surface area contributed by atoms with Crippen LogP contribution in [-0.4, -0.2) is 33.9 Å². The van der Waals surface area contributed by atoms with Crippen LogP contribution in [0.5, 0.6) is 0 Å². The number of aromatic amines is 1. The van der Waals surface area contributed by atoms with Gasteiger partial charge in [0, 0.05) is 18.1 Å². The van der Waals surface area contributed by atoms with Crippen LogP contribution in [0.15, 0.2) is 6.33 Å². The molecule has 5 heteroatoms. The summed E-state index contributed by atoms with van der Waals surface area (Å²) in [4.78, 5) is 4.16. The Balaban J connectivity index is 1.59. The predicted octanol–water partition coefficient (Wildman–Crippen LogP) is 1.63. The number of ether oxygens (including phenoxy) is 1. The average Bonchev–Trinajstić information content (AvgIpc) is 3.03. The summed E-state index contributed by atoms with van der Waals surface area (Å²) >= 11 is 0. The van der Waals surface area contributed by atoms with Crippen molar-refractivity contribution in [3.8, 4) is 0 Å². The maximum atomic E-state index is 5.91. The molecule has 1 aromatic heterocycles. The molecular weight excluding hydrogens is 228 g/mol. The van der Waals surface area contributed by atoms with Crippen LogP contribution in [0.2, 0.25) is 0 Å². The fourth-order valence-corrected chi connectivity index (χ4v) is 3.71. The summed E-state index contributed by atoms with van der Waals surface area (Å²) in [7, 11) is 0. The number of H-pyrrole nitrogens is 1. The molecule has 0 radical (unpaired) electrons. The third-order valence-electron chi connectivity index (χ3n) is 4.67. The van der Waals surface area contributed by atoms with Gasteiger partial charge in [-0.2, -0.15) is 5.10 Å². The zero-order valence-electron chi connectivity index (χ0n) is 11.0. The quantitative estimate of drug-likeness (QED) is 0.834. The van der Waals surface area contributed by atoms with Crippen LogP contribution >= 0.6 is 0 Å². The van der Waals surface area contributed by atoms with E-state index in [1.165, 1.54) is 25.7 Å². The molecule has 1 aromatic rings. The van der Waals surface area contributed by atoms with Crippen LogP contribution in [-0.2, 0) is 11.3 Å². The summed E-state index contributed by atoms with van der Waals surface area (Å²) in [5.74, 6) is 0.919. The summed E-state index contributed by atoms with van der Waals surface area (Å²) in [5, 5.41) is 10.4. The molecule has 1 heterocycles. The van der Waals surface area contributed by atoms with Crippen molar-refractivity contribution in [2.75, 3.05) is 6.61 Å². The largest absolute Gasteiger partial charge is 0.378 e. The highest BCUT2D eigenvalue weighted by Crippen LogP contribution is 2.54. The lowest BCUT2D eigenvalue weighted by molar-refractivity contribution is -0.130. The van der Waals surface area contributed by atoms with Gasteiger partial charge in [0.15, 0.2) is 0 Å². The van der Waals surface area contributed by atoms with Gasteiger partial charge in [0.25, 0.3) is 0 Å². The Morgan fingerprint density at radius 1 is 1.50 bits per heavy atom. The predicted molar refractivity (Wildman–Crippen MR) is 67.9 cm³/mol. The molecular formula is C13H22N4O. The van der Waals surface area contributed by atoms with Gasteiger partial charge in [-0.25, -0.2) is 4.98 Å². The summed E-state index contributed by atoms with van der Waals surface area (Å²) in [6, 6.07) is 0.585. The fourth-order valence-electron chi connectivity index (χ4n) is 3.71. The van der Waals surface area contributed by atoms with Crippen molar-refractivity contribution in [2.24, 2.45) is 5.41 Å². The van der Waals surface area contributed by atoms with Crippen molar-refractivity contribution in [1.29, 1.82) is 0 Å². The van der Waals surface area contributed by atoms with Gasteiger partial charge in [-0.05, 0) is 26.2 Å². The molecule has 2 N–H and O–H groups in total. The lowest BCUT2D eigenvalue weighted by Crippen LogP contribution is -2.62. The highest BCUT2D eigenvalue weighted by atomic mass is 16.5. The number of rotatable bonds is 5. The van der Waals surface area contributed by atoms with E-state index >= 15 is 0 Å². The fraction of sp³-hybridized carbons (Fsp3) is 0.846. The van der Waals surface area contributed by atoms with E-state index in [1.807, 2.05) is 0 Å². The van der Waals surface area contributed by atoms with Gasteiger partial charge in [0.2, 0.25) is 0 Å². The first-order valence-corrected chi connectivity index (χ1v) is 7.04. The first-order valence-electron chi connectivity index (χ1n) is 7.04. The number of hydrogen-bond acceptors (Lipinski definition) is 4. The standard InChI is InChI=1S/C13H22N4O/c1-2-18-11-7-10(13(11)5-3-4-6-13)14-8-12-15-9-16-17-12/h9-11,14H,2-8H2,1H3,(H,15,16,17). The van der Waals surface area contributed by atoms with Crippen molar-refractivity contribution >= 4 is 0 Å². The molecule has 2 atom stereocenters. The first kappa shape index (κ1) is 12.1. The Bertz CT molecular complexity index is 372. The lowest BCUT2D eigenvalue weighted by atomic mass is 9.60. The summed E-state index contributed by atoms with van der Waals surface area (Å²) in [6.07, 6.45) is 8.50. The minimum absolute atomic E-state index is 0.399. The van der Waals surface area contributed by atoms with Gasteiger partial charge < -0.3 is 10.1 Å². The van der Waals surface area contributed by atoms with Crippen molar-refractivity contribution in [2.45, 2.75) is 57.7 Å². The number of aromatic nitrogens is 3. The van der Waals surface area contributed by atoms with Gasteiger partial charge in [-0.3, -0.25) is 5.10 Å².